The number of benzene rings is 1. The molecule has 0 aliphatic rings. The van der Waals surface area contributed by atoms with Gasteiger partial charge in [-0.25, -0.2) is 4.98 Å². The molecule has 0 saturated carbocycles. The maximum atomic E-state index is 5.71. The summed E-state index contributed by atoms with van der Waals surface area (Å²) >= 11 is 0. The minimum Gasteiger partial charge on any atom is -0.346 e. The molecule has 0 amide bonds. The number of imidazole rings is 1. The molecule has 3 heteroatoms. The molecule has 15 heavy (non-hydrogen) atoms. The fourth-order valence-corrected chi connectivity index (χ4v) is 1.80. The molecule has 0 atom stereocenters. The number of aromatic nitrogens is 2. The first-order valence-corrected chi connectivity index (χ1v) is 5.04. The highest BCUT2D eigenvalue weighted by Crippen LogP contribution is 2.24. The van der Waals surface area contributed by atoms with Crippen LogP contribution in [0.2, 0.25) is 0 Å². The molecule has 1 heterocycles. The van der Waals surface area contributed by atoms with Gasteiger partial charge in [0.05, 0.1) is 5.69 Å². The number of nitrogens with zero attached hydrogens (tertiary/aromatic N) is 1. The summed E-state index contributed by atoms with van der Waals surface area (Å²) in [6.45, 7) is 4.53. The standard InChI is InChI=1S/C12H15N3/c1-8-12(15-9(2)14-8)11-6-4-3-5-10(11)7-13/h3-6H,7,13H2,1-2H3,(H,14,15). The van der Waals surface area contributed by atoms with Crippen molar-refractivity contribution < 1.29 is 0 Å². The van der Waals surface area contributed by atoms with Crippen LogP contribution in [0.15, 0.2) is 24.3 Å². The van der Waals surface area contributed by atoms with Crippen LogP contribution in [-0.2, 0) is 6.54 Å². The van der Waals surface area contributed by atoms with Gasteiger partial charge in [-0.15, -0.1) is 0 Å². The van der Waals surface area contributed by atoms with Gasteiger partial charge in [-0.1, -0.05) is 24.3 Å². The van der Waals surface area contributed by atoms with Crippen LogP contribution < -0.4 is 5.73 Å². The summed E-state index contributed by atoms with van der Waals surface area (Å²) in [6, 6.07) is 8.11. The van der Waals surface area contributed by atoms with Crippen LogP contribution in [0.3, 0.4) is 0 Å². The predicted molar refractivity (Wildman–Crippen MR) is 61.4 cm³/mol. The van der Waals surface area contributed by atoms with Crippen molar-refractivity contribution in [2.75, 3.05) is 0 Å². The topological polar surface area (TPSA) is 54.7 Å². The van der Waals surface area contributed by atoms with Gasteiger partial charge in [0.1, 0.15) is 5.82 Å². The number of hydrogen-bond acceptors (Lipinski definition) is 2. The zero-order valence-electron chi connectivity index (χ0n) is 9.04. The molecule has 1 aromatic carbocycles. The molecule has 3 nitrogen and oxygen atoms in total. The van der Waals surface area contributed by atoms with Crippen molar-refractivity contribution in [2.45, 2.75) is 20.4 Å². The van der Waals surface area contributed by atoms with E-state index in [-0.39, 0.29) is 0 Å². The highest BCUT2D eigenvalue weighted by molar-refractivity contribution is 5.65. The molecule has 0 bridgehead atoms. The largest absolute Gasteiger partial charge is 0.346 e. The maximum Gasteiger partial charge on any atom is 0.103 e. The third-order valence-corrected chi connectivity index (χ3v) is 2.50. The van der Waals surface area contributed by atoms with Crippen molar-refractivity contribution >= 4 is 0 Å². The highest BCUT2D eigenvalue weighted by Gasteiger charge is 2.09. The Morgan fingerprint density at radius 2 is 2.00 bits per heavy atom. The summed E-state index contributed by atoms with van der Waals surface area (Å²) in [5.74, 6) is 0.939. The minimum atomic E-state index is 0.543. The molecule has 0 spiro atoms. The number of aromatic amines is 1. The van der Waals surface area contributed by atoms with E-state index in [2.05, 4.69) is 16.0 Å². The van der Waals surface area contributed by atoms with E-state index in [4.69, 9.17) is 5.73 Å². The van der Waals surface area contributed by atoms with E-state index < -0.39 is 0 Å². The van der Waals surface area contributed by atoms with Gasteiger partial charge in [-0.3, -0.25) is 0 Å². The zero-order valence-corrected chi connectivity index (χ0v) is 9.04. The van der Waals surface area contributed by atoms with Crippen LogP contribution in [0.25, 0.3) is 11.3 Å². The maximum absolute atomic E-state index is 5.71. The Morgan fingerprint density at radius 3 is 2.60 bits per heavy atom. The molecule has 2 rings (SSSR count). The van der Waals surface area contributed by atoms with Crippen molar-refractivity contribution in [1.29, 1.82) is 0 Å². The molecule has 3 N–H and O–H groups in total. The van der Waals surface area contributed by atoms with Crippen LogP contribution in [-0.4, -0.2) is 9.97 Å². The summed E-state index contributed by atoms with van der Waals surface area (Å²) in [5.41, 5.74) is 10.1. The van der Waals surface area contributed by atoms with Crippen molar-refractivity contribution in [3.63, 3.8) is 0 Å². The Bertz CT molecular complexity index is 471. The number of rotatable bonds is 2. The van der Waals surface area contributed by atoms with E-state index in [1.807, 2.05) is 32.0 Å². The SMILES string of the molecule is Cc1nc(-c2ccccc2CN)c(C)[nH]1. The lowest BCUT2D eigenvalue weighted by Gasteiger charge is -2.05. The zero-order chi connectivity index (χ0) is 10.8. The van der Waals surface area contributed by atoms with Crippen molar-refractivity contribution in [3.8, 4) is 11.3 Å². The normalized spacial score (nSPS) is 10.6. The summed E-state index contributed by atoms with van der Waals surface area (Å²) in [5, 5.41) is 0. The van der Waals surface area contributed by atoms with Gasteiger partial charge in [0, 0.05) is 17.8 Å². The predicted octanol–water partition coefficient (Wildman–Crippen LogP) is 2.15. The molecule has 0 fully saturated rings. The van der Waals surface area contributed by atoms with E-state index in [1.165, 1.54) is 0 Å². The fourth-order valence-electron chi connectivity index (χ4n) is 1.80. The van der Waals surface area contributed by atoms with E-state index in [1.54, 1.807) is 0 Å². The number of nitrogens with two attached hydrogens (primary N) is 1. The lowest BCUT2D eigenvalue weighted by atomic mass is 10.0. The monoisotopic (exact) mass is 201 g/mol. The minimum absolute atomic E-state index is 0.543. The molecule has 0 aliphatic carbocycles. The van der Waals surface area contributed by atoms with Crippen molar-refractivity contribution in [3.05, 3.63) is 41.3 Å². The Balaban J connectivity index is 2.58. The second-order valence-corrected chi connectivity index (χ2v) is 3.66. The Morgan fingerprint density at radius 1 is 1.27 bits per heavy atom. The lowest BCUT2D eigenvalue weighted by molar-refractivity contribution is 1.07. The first-order chi connectivity index (χ1) is 7.22. The molecule has 0 unspecified atom stereocenters. The summed E-state index contributed by atoms with van der Waals surface area (Å²) in [7, 11) is 0. The molecule has 0 radical (unpaired) electrons. The van der Waals surface area contributed by atoms with Crippen LogP contribution in [0.5, 0.6) is 0 Å². The van der Waals surface area contributed by atoms with Crippen molar-refractivity contribution in [2.24, 2.45) is 5.73 Å². The van der Waals surface area contributed by atoms with E-state index in [0.717, 1.165) is 28.3 Å². The summed E-state index contributed by atoms with van der Waals surface area (Å²) < 4.78 is 0. The second-order valence-electron chi connectivity index (χ2n) is 3.66. The third-order valence-electron chi connectivity index (χ3n) is 2.50. The molecular formula is C12H15N3. The summed E-state index contributed by atoms with van der Waals surface area (Å²) in [6.07, 6.45) is 0. The van der Waals surface area contributed by atoms with E-state index in [0.29, 0.717) is 6.54 Å². The van der Waals surface area contributed by atoms with Crippen LogP contribution in [0.1, 0.15) is 17.1 Å². The van der Waals surface area contributed by atoms with Crippen molar-refractivity contribution in [1.82, 2.24) is 9.97 Å². The van der Waals surface area contributed by atoms with Gasteiger partial charge in [0.25, 0.3) is 0 Å². The van der Waals surface area contributed by atoms with E-state index in [9.17, 15) is 0 Å². The Kier molecular flexibility index (Phi) is 2.56. The van der Waals surface area contributed by atoms with E-state index >= 15 is 0 Å². The number of aryl methyl sites for hydroxylation is 2. The van der Waals surface area contributed by atoms with Crippen LogP contribution >= 0.6 is 0 Å². The van der Waals surface area contributed by atoms with Gasteiger partial charge in [-0.2, -0.15) is 0 Å². The second kappa shape index (κ2) is 3.87. The van der Waals surface area contributed by atoms with Crippen LogP contribution in [0, 0.1) is 13.8 Å². The average molecular weight is 201 g/mol. The number of hydrogen-bond donors (Lipinski definition) is 2. The molecule has 1 aromatic heterocycles. The first-order valence-electron chi connectivity index (χ1n) is 5.04. The van der Waals surface area contributed by atoms with Gasteiger partial charge >= 0.3 is 0 Å². The number of nitrogens with one attached hydrogen (secondary N) is 1. The van der Waals surface area contributed by atoms with Gasteiger partial charge in [0.15, 0.2) is 0 Å². The Labute approximate surface area is 89.4 Å². The fraction of sp³-hybridized carbons (Fsp3) is 0.250. The molecular weight excluding hydrogens is 186 g/mol. The summed E-state index contributed by atoms with van der Waals surface area (Å²) in [4.78, 5) is 7.68. The van der Waals surface area contributed by atoms with Gasteiger partial charge in [-0.05, 0) is 19.4 Å². The number of H-pyrrole nitrogens is 1. The first kappa shape index (κ1) is 9.93. The molecule has 0 saturated heterocycles. The average Bonchev–Trinajstić information content (AvgIpc) is 2.57. The van der Waals surface area contributed by atoms with Gasteiger partial charge in [0.2, 0.25) is 0 Å². The Hall–Kier alpha value is -1.61. The quantitative estimate of drug-likeness (QED) is 0.782. The lowest BCUT2D eigenvalue weighted by Crippen LogP contribution is -1.99. The third kappa shape index (κ3) is 1.78. The molecule has 2 aromatic rings. The molecule has 0 aliphatic heterocycles. The van der Waals surface area contributed by atoms with Crippen LogP contribution in [0.4, 0.5) is 0 Å². The molecule has 78 valence electrons. The smallest absolute Gasteiger partial charge is 0.103 e. The highest BCUT2D eigenvalue weighted by atomic mass is 14.9. The van der Waals surface area contributed by atoms with Gasteiger partial charge < -0.3 is 10.7 Å².